The summed E-state index contributed by atoms with van der Waals surface area (Å²) < 4.78 is 12.0. The van der Waals surface area contributed by atoms with Crippen molar-refractivity contribution in [2.24, 2.45) is 0 Å². The van der Waals surface area contributed by atoms with E-state index in [1.807, 2.05) is 38.3 Å². The molecule has 0 fully saturated rings. The van der Waals surface area contributed by atoms with Gasteiger partial charge in [-0.25, -0.2) is 14.6 Å². The van der Waals surface area contributed by atoms with E-state index in [2.05, 4.69) is 26.6 Å². The molecule has 0 saturated heterocycles. The lowest BCUT2D eigenvalue weighted by Crippen LogP contribution is -2.65. The van der Waals surface area contributed by atoms with E-state index in [0.717, 1.165) is 33.6 Å². The van der Waals surface area contributed by atoms with Crippen LogP contribution in [0.5, 0.6) is 0 Å². The molecule has 2 rings (SSSR count). The Morgan fingerprint density at radius 2 is 2.10 bits per heavy atom. The number of ether oxygens (including phenoxy) is 2. The topological polar surface area (TPSA) is 93.1 Å². The molecule has 0 aliphatic carbocycles. The van der Waals surface area contributed by atoms with Gasteiger partial charge in [0.15, 0.2) is 6.04 Å². The highest BCUT2D eigenvalue weighted by atomic mass is 79.9. The summed E-state index contributed by atoms with van der Waals surface area (Å²) in [6.07, 6.45) is 9.45. The summed E-state index contributed by atoms with van der Waals surface area (Å²) in [4.78, 5) is 29.2. The van der Waals surface area contributed by atoms with Crippen molar-refractivity contribution in [3.8, 4) is 0 Å². The molecule has 6 nitrogen and oxygen atoms in total. The molecule has 0 radical (unpaired) electrons. The van der Waals surface area contributed by atoms with Crippen LogP contribution in [-0.2, 0) is 31.9 Å². The molecule has 3 N–H and O–H groups in total. The van der Waals surface area contributed by atoms with Crippen LogP contribution < -0.4 is 5.73 Å². The van der Waals surface area contributed by atoms with Crippen LogP contribution in [0.1, 0.15) is 50.7 Å². The minimum Gasteiger partial charge on any atom is -0.458 e. The first-order valence-corrected chi connectivity index (χ1v) is 11.8. The quantitative estimate of drug-likeness (QED) is 0.597. The van der Waals surface area contributed by atoms with Crippen molar-refractivity contribution in [3.63, 3.8) is 0 Å². The van der Waals surface area contributed by atoms with Crippen molar-refractivity contribution in [2.45, 2.75) is 71.1 Å². The molecule has 0 spiro atoms. The molecule has 0 unspecified atom stereocenters. The highest BCUT2D eigenvalue weighted by Crippen LogP contribution is 2.18. The van der Waals surface area contributed by atoms with Gasteiger partial charge in [0.2, 0.25) is 0 Å². The summed E-state index contributed by atoms with van der Waals surface area (Å²) in [6.45, 7) is 5.69. The van der Waals surface area contributed by atoms with E-state index in [-0.39, 0.29) is 18.1 Å². The van der Waals surface area contributed by atoms with Gasteiger partial charge in [-0.2, -0.15) is 0 Å². The summed E-state index contributed by atoms with van der Waals surface area (Å²) in [5.41, 5.74) is 5.94. The first-order chi connectivity index (χ1) is 14.2. The summed E-state index contributed by atoms with van der Waals surface area (Å²) in [7, 11) is 0. The Morgan fingerprint density at radius 3 is 2.83 bits per heavy atom. The van der Waals surface area contributed by atoms with Crippen molar-refractivity contribution in [1.29, 1.82) is 0 Å². The average molecular weight is 498 g/mol. The number of aromatic nitrogens is 1. The summed E-state index contributed by atoms with van der Waals surface area (Å²) in [5.74, 6) is -0.686. The number of thiazole rings is 1. The summed E-state index contributed by atoms with van der Waals surface area (Å²) in [6, 6.07) is -0.390. The Hall–Kier alpha value is -1.77. The van der Waals surface area contributed by atoms with E-state index in [1.54, 1.807) is 17.4 Å². The molecule has 3 atom stereocenters. The number of cyclic esters (lactones) is 2. The molecule has 2 bridgehead atoms. The van der Waals surface area contributed by atoms with Crippen molar-refractivity contribution >= 4 is 39.2 Å². The summed E-state index contributed by atoms with van der Waals surface area (Å²) in [5, 5.41) is 2.92. The lowest BCUT2D eigenvalue weighted by Gasteiger charge is -2.15. The van der Waals surface area contributed by atoms with Crippen LogP contribution >= 0.6 is 27.3 Å². The van der Waals surface area contributed by atoms with Gasteiger partial charge in [-0.05, 0) is 44.2 Å². The van der Waals surface area contributed by atoms with Crippen LogP contribution in [0.25, 0.3) is 0 Å². The fourth-order valence-electron chi connectivity index (χ4n) is 3.10. The van der Waals surface area contributed by atoms with Crippen molar-refractivity contribution in [3.05, 3.63) is 50.4 Å². The fraction of sp³-hybridized carbons (Fsp3) is 0.500. The highest BCUT2D eigenvalue weighted by molar-refractivity contribution is 9.11. The van der Waals surface area contributed by atoms with Crippen molar-refractivity contribution in [1.82, 2.24) is 4.98 Å². The van der Waals surface area contributed by atoms with Crippen LogP contribution in [-0.4, -0.2) is 35.2 Å². The predicted molar refractivity (Wildman–Crippen MR) is 121 cm³/mol. The molecule has 0 aromatic carbocycles. The van der Waals surface area contributed by atoms with Gasteiger partial charge in [0.25, 0.3) is 0 Å². The van der Waals surface area contributed by atoms with Crippen LogP contribution in [0, 0.1) is 0 Å². The number of rotatable bonds is 1. The standard InChI is InChI=1S/C22H29BrN2O4S/c1-14-6-4-9-21(26)29-18(11-15(2)23)12-20-25-17(13-30-20)7-5-8-19(24)22(27)28-16(3)10-14/h4,6,9,11,13,16,18-19H,5,7-8,10,12,24H2,1-3H3/p+1/b9-4-,14-6+,15-11+/t16-,18+,19+/m0/s1. The molecule has 1 aliphatic rings. The molecule has 164 valence electrons. The number of hydrogen-bond acceptors (Lipinski definition) is 6. The largest absolute Gasteiger partial charge is 0.458 e. The fourth-order valence-corrected chi connectivity index (χ4v) is 4.27. The highest BCUT2D eigenvalue weighted by Gasteiger charge is 2.21. The number of esters is 2. The van der Waals surface area contributed by atoms with Crippen molar-refractivity contribution < 1.29 is 24.8 Å². The minimum atomic E-state index is -0.414. The first-order valence-electron chi connectivity index (χ1n) is 10.1. The second-order valence-electron chi connectivity index (χ2n) is 7.58. The van der Waals surface area contributed by atoms with Crippen LogP contribution in [0.4, 0.5) is 0 Å². The molecule has 2 heterocycles. The Bertz CT molecular complexity index is 827. The number of nitrogens with zero attached hydrogens (tertiary/aromatic N) is 1. The third kappa shape index (κ3) is 8.93. The zero-order valence-corrected chi connectivity index (χ0v) is 20.1. The normalized spacial score (nSPS) is 28.2. The van der Waals surface area contributed by atoms with E-state index in [4.69, 9.17) is 9.47 Å². The average Bonchev–Trinajstić information content (AvgIpc) is 3.07. The Kier molecular flexibility index (Phi) is 9.94. The zero-order chi connectivity index (χ0) is 22.1. The van der Waals surface area contributed by atoms with Gasteiger partial charge in [0.1, 0.15) is 12.2 Å². The minimum absolute atomic E-state index is 0.252. The SMILES string of the molecule is C/C(Br)=C\[C@@H]1Cc2nc(cs2)CCC[C@@H]([NH3+])C(=O)O[C@@H](C)C/C(C)=C/C=C\C(=O)O1. The molecule has 0 saturated carbocycles. The van der Waals surface area contributed by atoms with Crippen LogP contribution in [0.3, 0.4) is 0 Å². The second-order valence-corrected chi connectivity index (χ2v) is 9.77. The molecule has 1 aliphatic heterocycles. The van der Waals surface area contributed by atoms with Gasteiger partial charge in [-0.1, -0.05) is 33.7 Å². The molecular weight excluding hydrogens is 468 g/mol. The van der Waals surface area contributed by atoms with E-state index >= 15 is 0 Å². The molecule has 30 heavy (non-hydrogen) atoms. The molecule has 0 amide bonds. The molecule has 1 aromatic heterocycles. The van der Waals surface area contributed by atoms with Gasteiger partial charge in [0, 0.05) is 30.7 Å². The third-order valence-electron chi connectivity index (χ3n) is 4.52. The van der Waals surface area contributed by atoms with E-state index < -0.39 is 12.1 Å². The predicted octanol–water partition coefficient (Wildman–Crippen LogP) is 3.67. The summed E-state index contributed by atoms with van der Waals surface area (Å²) >= 11 is 4.97. The lowest BCUT2D eigenvalue weighted by molar-refractivity contribution is -0.410. The Morgan fingerprint density at radius 1 is 1.33 bits per heavy atom. The molecule has 8 heteroatoms. The maximum absolute atomic E-state index is 12.3. The van der Waals surface area contributed by atoms with Crippen LogP contribution in [0.15, 0.2) is 39.7 Å². The number of allylic oxidation sites excluding steroid dienone is 3. The first kappa shape index (κ1) is 24.5. The maximum Gasteiger partial charge on any atom is 0.365 e. The third-order valence-corrected chi connectivity index (χ3v) is 5.70. The number of hydrogen-bond donors (Lipinski definition) is 1. The molecular formula is C22H30BrN2O4S+. The van der Waals surface area contributed by atoms with Gasteiger partial charge < -0.3 is 15.2 Å². The van der Waals surface area contributed by atoms with Gasteiger partial charge in [0.05, 0.1) is 10.7 Å². The number of carbonyl (C=O) groups is 2. The lowest BCUT2D eigenvalue weighted by atomic mass is 10.1. The number of halogens is 1. The van der Waals surface area contributed by atoms with Gasteiger partial charge >= 0.3 is 11.9 Å². The Labute approximate surface area is 190 Å². The second kappa shape index (κ2) is 12.2. The zero-order valence-electron chi connectivity index (χ0n) is 17.7. The number of fused-ring (bicyclic) bond motifs is 2. The van der Waals surface area contributed by atoms with Gasteiger partial charge in [-0.3, -0.25) is 0 Å². The van der Waals surface area contributed by atoms with E-state index in [9.17, 15) is 9.59 Å². The van der Waals surface area contributed by atoms with Gasteiger partial charge in [-0.15, -0.1) is 11.3 Å². The Balaban J connectivity index is 2.20. The number of aryl methyl sites for hydroxylation is 1. The molecule has 1 aromatic rings. The maximum atomic E-state index is 12.3. The number of carbonyl (C=O) groups excluding carboxylic acids is 2. The van der Waals surface area contributed by atoms with E-state index in [1.165, 1.54) is 6.08 Å². The smallest absolute Gasteiger partial charge is 0.365 e. The van der Waals surface area contributed by atoms with E-state index in [0.29, 0.717) is 19.3 Å². The van der Waals surface area contributed by atoms with Crippen LogP contribution in [0.2, 0.25) is 0 Å². The number of quaternary nitrogens is 1. The van der Waals surface area contributed by atoms with Crippen molar-refractivity contribution in [2.75, 3.05) is 0 Å². The monoisotopic (exact) mass is 497 g/mol.